The molecule has 0 aromatic carbocycles. The van der Waals surface area contributed by atoms with Gasteiger partial charge in [-0.05, 0) is 53.1 Å². The fraction of sp³-hybridized carbons (Fsp3) is 0.824. The lowest BCUT2D eigenvalue weighted by Gasteiger charge is -2.34. The number of esters is 1. The third-order valence-corrected chi connectivity index (χ3v) is 7.09. The summed E-state index contributed by atoms with van der Waals surface area (Å²) in [4.78, 5) is 11.3. The third-order valence-electron chi connectivity index (χ3n) is 3.06. The van der Waals surface area contributed by atoms with Crippen molar-refractivity contribution in [2.24, 2.45) is 0 Å². The molecule has 0 aliphatic carbocycles. The first-order valence-electron chi connectivity index (χ1n) is 8.50. The molecule has 0 radical (unpaired) electrons. The minimum absolute atomic E-state index is 0.160. The number of hydrogen-bond acceptors (Lipinski definition) is 4. The molecule has 0 aromatic rings. The maximum Gasteiger partial charge on any atom is 0.338 e. The Morgan fingerprint density at radius 1 is 1.05 bits per heavy atom. The molecule has 0 fully saturated rings. The van der Waals surface area contributed by atoms with Crippen molar-refractivity contribution < 1.29 is 18.4 Å². The SMILES string of the molecule is CC=CC(=O)OCCC[Si](CCCC)(OC(C)C)OC(C)C. The fourth-order valence-corrected chi connectivity index (χ4v) is 6.46. The van der Waals surface area contributed by atoms with Gasteiger partial charge in [-0.1, -0.05) is 25.8 Å². The molecular formula is C17H34O4Si. The van der Waals surface area contributed by atoms with Crippen LogP contribution in [-0.2, 0) is 18.4 Å². The summed E-state index contributed by atoms with van der Waals surface area (Å²) in [6.45, 7) is 12.6. The molecule has 0 rings (SSSR count). The smallest absolute Gasteiger partial charge is 0.338 e. The Balaban J connectivity index is 4.62. The summed E-state index contributed by atoms with van der Waals surface area (Å²) in [6.07, 6.45) is 6.49. The van der Waals surface area contributed by atoms with Gasteiger partial charge in [-0.25, -0.2) is 4.79 Å². The van der Waals surface area contributed by atoms with Crippen molar-refractivity contribution in [1.82, 2.24) is 0 Å². The van der Waals surface area contributed by atoms with Gasteiger partial charge in [-0.15, -0.1) is 0 Å². The molecule has 0 saturated heterocycles. The Kier molecular flexibility index (Phi) is 11.5. The van der Waals surface area contributed by atoms with E-state index < -0.39 is 8.56 Å². The highest BCUT2D eigenvalue weighted by Gasteiger charge is 2.38. The standard InChI is InChI=1S/C17H34O4Si/c1-7-9-13-22(20-15(3)4,21-16(5)6)14-10-12-19-17(18)11-8-2/h8,11,15-16H,7,9-10,12-14H2,1-6H3. The van der Waals surface area contributed by atoms with Gasteiger partial charge in [-0.2, -0.15) is 0 Å². The minimum atomic E-state index is -2.24. The molecule has 5 heteroatoms. The average Bonchev–Trinajstić information content (AvgIpc) is 2.40. The summed E-state index contributed by atoms with van der Waals surface area (Å²) in [5.41, 5.74) is 0. The molecule has 0 unspecified atom stereocenters. The van der Waals surface area contributed by atoms with Gasteiger partial charge in [0.05, 0.1) is 6.61 Å². The first kappa shape index (κ1) is 21.3. The van der Waals surface area contributed by atoms with Crippen LogP contribution in [0.4, 0.5) is 0 Å². The zero-order valence-corrected chi connectivity index (χ0v) is 16.2. The second kappa shape index (κ2) is 11.9. The lowest BCUT2D eigenvalue weighted by atomic mass is 10.4. The molecule has 0 amide bonds. The van der Waals surface area contributed by atoms with Gasteiger partial charge in [0, 0.05) is 18.3 Å². The summed E-state index contributed by atoms with van der Waals surface area (Å²) in [6, 6.07) is 1.87. The molecular weight excluding hydrogens is 296 g/mol. The Hall–Kier alpha value is -0.653. The molecule has 4 nitrogen and oxygen atoms in total. The van der Waals surface area contributed by atoms with E-state index in [1.807, 2.05) is 0 Å². The summed E-state index contributed by atoms with van der Waals surface area (Å²) in [7, 11) is -2.24. The van der Waals surface area contributed by atoms with Gasteiger partial charge in [0.15, 0.2) is 0 Å². The van der Waals surface area contributed by atoms with Gasteiger partial charge in [0.2, 0.25) is 0 Å². The summed E-state index contributed by atoms with van der Waals surface area (Å²) < 4.78 is 17.7. The van der Waals surface area contributed by atoms with E-state index in [0.29, 0.717) is 6.61 Å². The van der Waals surface area contributed by atoms with Crippen LogP contribution in [0, 0.1) is 0 Å². The van der Waals surface area contributed by atoms with Gasteiger partial charge in [-0.3, -0.25) is 0 Å². The van der Waals surface area contributed by atoms with E-state index in [9.17, 15) is 4.79 Å². The molecule has 0 heterocycles. The van der Waals surface area contributed by atoms with Crippen molar-refractivity contribution >= 4 is 14.5 Å². The quantitative estimate of drug-likeness (QED) is 0.227. The Bertz CT molecular complexity index is 317. The third kappa shape index (κ3) is 10.1. The van der Waals surface area contributed by atoms with Gasteiger partial charge >= 0.3 is 14.5 Å². The highest BCUT2D eigenvalue weighted by atomic mass is 28.4. The number of carbonyl (C=O) groups excluding carboxylic acids is 1. The lowest BCUT2D eigenvalue weighted by Crippen LogP contribution is -2.46. The zero-order chi connectivity index (χ0) is 17.0. The highest BCUT2D eigenvalue weighted by molar-refractivity contribution is 6.67. The number of ether oxygens (including phenoxy) is 1. The number of carbonyl (C=O) groups is 1. The second-order valence-electron chi connectivity index (χ2n) is 6.12. The molecule has 130 valence electrons. The van der Waals surface area contributed by atoms with E-state index in [-0.39, 0.29) is 18.2 Å². The van der Waals surface area contributed by atoms with Crippen LogP contribution in [0.3, 0.4) is 0 Å². The number of unbranched alkanes of at least 4 members (excludes halogenated alkanes) is 1. The van der Waals surface area contributed by atoms with Crippen LogP contribution in [-0.4, -0.2) is 33.3 Å². The average molecular weight is 331 g/mol. The van der Waals surface area contributed by atoms with Gasteiger partial charge < -0.3 is 13.6 Å². The van der Waals surface area contributed by atoms with E-state index in [1.165, 1.54) is 6.08 Å². The maximum atomic E-state index is 11.3. The molecule has 0 aliphatic rings. The molecule has 0 spiro atoms. The van der Waals surface area contributed by atoms with Gasteiger partial charge in [0.1, 0.15) is 0 Å². The van der Waals surface area contributed by atoms with Crippen LogP contribution in [0.2, 0.25) is 12.1 Å². The minimum Gasteiger partial charge on any atom is -0.463 e. The number of hydrogen-bond donors (Lipinski definition) is 0. The van der Waals surface area contributed by atoms with Crippen LogP contribution >= 0.6 is 0 Å². The molecule has 0 aromatic heterocycles. The van der Waals surface area contributed by atoms with Crippen molar-refractivity contribution in [1.29, 1.82) is 0 Å². The molecule has 0 saturated carbocycles. The van der Waals surface area contributed by atoms with Crippen molar-refractivity contribution in [3.05, 3.63) is 12.2 Å². The van der Waals surface area contributed by atoms with Crippen LogP contribution < -0.4 is 0 Å². The fourth-order valence-electron chi connectivity index (χ4n) is 2.39. The van der Waals surface area contributed by atoms with Crippen molar-refractivity contribution in [2.75, 3.05) is 6.61 Å². The summed E-state index contributed by atoms with van der Waals surface area (Å²) >= 11 is 0. The topological polar surface area (TPSA) is 44.8 Å². The van der Waals surface area contributed by atoms with E-state index in [2.05, 4.69) is 34.6 Å². The van der Waals surface area contributed by atoms with Crippen molar-refractivity contribution in [3.8, 4) is 0 Å². The van der Waals surface area contributed by atoms with Crippen LogP contribution in [0.1, 0.15) is 60.8 Å². The molecule has 0 atom stereocenters. The number of allylic oxidation sites excluding steroid dienone is 1. The van der Waals surface area contributed by atoms with Crippen molar-refractivity contribution in [2.45, 2.75) is 85.1 Å². The number of rotatable bonds is 12. The maximum absolute atomic E-state index is 11.3. The van der Waals surface area contributed by atoms with Crippen molar-refractivity contribution in [3.63, 3.8) is 0 Å². The largest absolute Gasteiger partial charge is 0.463 e. The van der Waals surface area contributed by atoms with E-state index in [1.54, 1.807) is 13.0 Å². The Labute approximate surface area is 137 Å². The summed E-state index contributed by atoms with van der Waals surface area (Å²) in [5.74, 6) is -0.280. The second-order valence-corrected chi connectivity index (χ2v) is 9.41. The summed E-state index contributed by atoms with van der Waals surface area (Å²) in [5, 5.41) is 0. The van der Waals surface area contributed by atoms with E-state index in [0.717, 1.165) is 31.4 Å². The molecule has 0 aliphatic heterocycles. The normalized spacial score (nSPS) is 12.5. The van der Waals surface area contributed by atoms with Crippen LogP contribution in [0.15, 0.2) is 12.2 Å². The molecule has 0 N–H and O–H groups in total. The highest BCUT2D eigenvalue weighted by Crippen LogP contribution is 2.27. The van der Waals surface area contributed by atoms with Gasteiger partial charge in [0.25, 0.3) is 0 Å². The van der Waals surface area contributed by atoms with E-state index >= 15 is 0 Å². The molecule has 0 bridgehead atoms. The zero-order valence-electron chi connectivity index (χ0n) is 15.2. The van der Waals surface area contributed by atoms with Crippen LogP contribution in [0.5, 0.6) is 0 Å². The molecule has 22 heavy (non-hydrogen) atoms. The monoisotopic (exact) mass is 330 g/mol. The predicted octanol–water partition coefficient (Wildman–Crippen LogP) is 4.59. The van der Waals surface area contributed by atoms with Crippen LogP contribution in [0.25, 0.3) is 0 Å². The first-order valence-corrected chi connectivity index (χ1v) is 10.7. The predicted molar refractivity (Wildman–Crippen MR) is 93.1 cm³/mol. The Morgan fingerprint density at radius 3 is 2.05 bits per heavy atom. The Morgan fingerprint density at radius 2 is 1.59 bits per heavy atom. The first-order chi connectivity index (χ1) is 10.3. The van der Waals surface area contributed by atoms with E-state index in [4.69, 9.17) is 13.6 Å². The lowest BCUT2D eigenvalue weighted by molar-refractivity contribution is -0.137.